The number of nitrogens with zero attached hydrogens (tertiary/aromatic N) is 1. The minimum absolute atomic E-state index is 0.0231. The molecule has 0 fully saturated rings. The maximum atomic E-state index is 10.5. The Morgan fingerprint density at radius 3 is 2.57 bits per heavy atom. The van der Waals surface area contributed by atoms with Gasteiger partial charge in [-0.05, 0) is 18.1 Å². The van der Waals surface area contributed by atoms with Crippen LogP contribution in [-0.4, -0.2) is 27.1 Å². The normalized spacial score (nSPS) is 9.71. The van der Waals surface area contributed by atoms with E-state index in [9.17, 15) is 9.59 Å². The predicted molar refractivity (Wildman–Crippen MR) is 47.2 cm³/mol. The van der Waals surface area contributed by atoms with E-state index < -0.39 is 11.9 Å². The molecule has 5 heteroatoms. The van der Waals surface area contributed by atoms with Gasteiger partial charge in [0.1, 0.15) is 0 Å². The van der Waals surface area contributed by atoms with Crippen molar-refractivity contribution in [2.45, 2.75) is 12.8 Å². The second kappa shape index (κ2) is 4.36. The average molecular weight is 195 g/mol. The molecule has 0 aliphatic heterocycles. The largest absolute Gasteiger partial charge is 0.481 e. The Bertz CT molecular complexity index is 362. The minimum atomic E-state index is -1.06. The van der Waals surface area contributed by atoms with Crippen LogP contribution in [0.25, 0.3) is 0 Å². The van der Waals surface area contributed by atoms with Crippen molar-refractivity contribution < 1.29 is 19.8 Å². The first-order valence-electron chi connectivity index (χ1n) is 3.98. The zero-order valence-electron chi connectivity index (χ0n) is 7.30. The van der Waals surface area contributed by atoms with E-state index in [0.29, 0.717) is 12.0 Å². The van der Waals surface area contributed by atoms with Gasteiger partial charge in [-0.3, -0.25) is 9.78 Å². The van der Waals surface area contributed by atoms with E-state index >= 15 is 0 Å². The number of rotatable bonds is 4. The van der Waals surface area contributed by atoms with Gasteiger partial charge in [-0.15, -0.1) is 0 Å². The highest BCUT2D eigenvalue weighted by Crippen LogP contribution is 2.05. The van der Waals surface area contributed by atoms with Crippen molar-refractivity contribution in [3.63, 3.8) is 0 Å². The van der Waals surface area contributed by atoms with Gasteiger partial charge in [0.2, 0.25) is 0 Å². The third kappa shape index (κ3) is 2.85. The molecule has 1 aromatic heterocycles. The second-order valence-electron chi connectivity index (χ2n) is 2.78. The lowest BCUT2D eigenvalue weighted by Gasteiger charge is -1.99. The average Bonchev–Trinajstić information content (AvgIpc) is 2.15. The van der Waals surface area contributed by atoms with Crippen molar-refractivity contribution in [1.82, 2.24) is 4.98 Å². The monoisotopic (exact) mass is 195 g/mol. The topological polar surface area (TPSA) is 87.5 Å². The maximum absolute atomic E-state index is 10.5. The fourth-order valence-electron chi connectivity index (χ4n) is 0.993. The van der Waals surface area contributed by atoms with Crippen LogP contribution in [0.5, 0.6) is 0 Å². The summed E-state index contributed by atoms with van der Waals surface area (Å²) < 4.78 is 0. The number of aliphatic carboxylic acids is 1. The summed E-state index contributed by atoms with van der Waals surface area (Å²) in [6.45, 7) is 0. The van der Waals surface area contributed by atoms with Gasteiger partial charge in [0.15, 0.2) is 0 Å². The van der Waals surface area contributed by atoms with E-state index in [2.05, 4.69) is 4.98 Å². The maximum Gasteiger partial charge on any atom is 0.337 e. The van der Waals surface area contributed by atoms with E-state index in [4.69, 9.17) is 10.2 Å². The van der Waals surface area contributed by atoms with Gasteiger partial charge < -0.3 is 10.2 Å². The van der Waals surface area contributed by atoms with E-state index in [1.165, 1.54) is 18.5 Å². The highest BCUT2D eigenvalue weighted by Gasteiger charge is 2.05. The summed E-state index contributed by atoms with van der Waals surface area (Å²) in [4.78, 5) is 24.5. The van der Waals surface area contributed by atoms with E-state index in [-0.39, 0.29) is 12.0 Å². The lowest BCUT2D eigenvalue weighted by molar-refractivity contribution is -0.136. The summed E-state index contributed by atoms with van der Waals surface area (Å²) in [6.07, 6.45) is 2.97. The number of carboxylic acid groups (broad SMARTS) is 2. The fourth-order valence-corrected chi connectivity index (χ4v) is 0.993. The predicted octanol–water partition coefficient (Wildman–Crippen LogP) is 0.797. The van der Waals surface area contributed by atoms with Gasteiger partial charge in [-0.1, -0.05) is 0 Å². The zero-order valence-corrected chi connectivity index (χ0v) is 7.30. The fraction of sp³-hybridized carbons (Fsp3) is 0.222. The van der Waals surface area contributed by atoms with Crippen molar-refractivity contribution in [3.8, 4) is 0 Å². The van der Waals surface area contributed by atoms with Crippen molar-refractivity contribution >= 4 is 11.9 Å². The van der Waals surface area contributed by atoms with Crippen LogP contribution in [0.1, 0.15) is 22.3 Å². The summed E-state index contributed by atoms with van der Waals surface area (Å²) in [5.74, 6) is -1.97. The van der Waals surface area contributed by atoms with Gasteiger partial charge in [0.25, 0.3) is 0 Å². The molecule has 0 bridgehead atoms. The Morgan fingerprint density at radius 2 is 2.00 bits per heavy atom. The Hall–Kier alpha value is -1.91. The molecule has 2 N–H and O–H groups in total. The molecule has 0 radical (unpaired) electrons. The Balaban J connectivity index is 2.73. The molecule has 0 saturated heterocycles. The molecule has 74 valence electrons. The molecule has 0 unspecified atom stereocenters. The van der Waals surface area contributed by atoms with E-state index in [1.807, 2.05) is 0 Å². The number of aromatic nitrogens is 1. The number of aryl methyl sites for hydroxylation is 1. The molecule has 1 aromatic rings. The molecule has 0 atom stereocenters. The molecular weight excluding hydrogens is 186 g/mol. The highest BCUT2D eigenvalue weighted by molar-refractivity contribution is 5.87. The summed E-state index contributed by atoms with van der Waals surface area (Å²) in [5.41, 5.74) is 0.695. The van der Waals surface area contributed by atoms with E-state index in [0.717, 1.165) is 0 Å². The van der Waals surface area contributed by atoms with Crippen LogP contribution in [0.4, 0.5) is 0 Å². The van der Waals surface area contributed by atoms with Crippen LogP contribution >= 0.6 is 0 Å². The second-order valence-corrected chi connectivity index (χ2v) is 2.78. The van der Waals surface area contributed by atoms with Crippen LogP contribution in [-0.2, 0) is 11.2 Å². The van der Waals surface area contributed by atoms with Crippen LogP contribution < -0.4 is 0 Å². The van der Waals surface area contributed by atoms with Crippen LogP contribution in [0, 0.1) is 0 Å². The molecule has 14 heavy (non-hydrogen) atoms. The van der Waals surface area contributed by atoms with Crippen molar-refractivity contribution in [2.75, 3.05) is 0 Å². The first kappa shape index (κ1) is 10.2. The van der Waals surface area contributed by atoms with Gasteiger partial charge in [0.05, 0.1) is 5.56 Å². The van der Waals surface area contributed by atoms with Crippen LogP contribution in [0.2, 0.25) is 0 Å². The lowest BCUT2D eigenvalue weighted by Crippen LogP contribution is -2.01. The number of pyridine rings is 1. The number of carboxylic acids is 2. The number of aromatic carboxylic acids is 1. The zero-order chi connectivity index (χ0) is 10.6. The summed E-state index contributed by atoms with van der Waals surface area (Å²) in [6, 6.07) is 1.43. The summed E-state index contributed by atoms with van der Waals surface area (Å²) >= 11 is 0. The molecule has 1 heterocycles. The Labute approximate surface area is 80.0 Å². The molecule has 0 saturated carbocycles. The number of hydrogen-bond donors (Lipinski definition) is 2. The van der Waals surface area contributed by atoms with Crippen LogP contribution in [0.3, 0.4) is 0 Å². The van der Waals surface area contributed by atoms with Crippen molar-refractivity contribution in [1.29, 1.82) is 0 Å². The van der Waals surface area contributed by atoms with Crippen molar-refractivity contribution in [3.05, 3.63) is 29.6 Å². The van der Waals surface area contributed by atoms with Crippen molar-refractivity contribution in [2.24, 2.45) is 0 Å². The molecule has 0 aliphatic rings. The molecule has 0 aromatic carbocycles. The van der Waals surface area contributed by atoms with Gasteiger partial charge in [0, 0.05) is 18.8 Å². The Kier molecular flexibility index (Phi) is 3.17. The van der Waals surface area contributed by atoms with E-state index in [1.54, 1.807) is 0 Å². The lowest BCUT2D eigenvalue weighted by atomic mass is 10.1. The quantitative estimate of drug-likeness (QED) is 0.741. The number of carbonyl (C=O) groups is 2. The SMILES string of the molecule is O=C(O)CCc1cncc(C(=O)O)c1. The summed E-state index contributed by atoms with van der Waals surface area (Å²) in [7, 11) is 0. The third-order valence-corrected chi connectivity index (χ3v) is 1.67. The molecule has 1 rings (SSSR count). The molecule has 0 amide bonds. The van der Waals surface area contributed by atoms with Gasteiger partial charge in [-0.2, -0.15) is 0 Å². The molecule has 5 nitrogen and oxygen atoms in total. The minimum Gasteiger partial charge on any atom is -0.481 e. The number of hydrogen-bond acceptors (Lipinski definition) is 3. The highest BCUT2D eigenvalue weighted by atomic mass is 16.4. The smallest absolute Gasteiger partial charge is 0.337 e. The molecular formula is C9H9NO4. The molecule has 0 aliphatic carbocycles. The van der Waals surface area contributed by atoms with Gasteiger partial charge in [-0.25, -0.2) is 4.79 Å². The van der Waals surface area contributed by atoms with Crippen LogP contribution in [0.15, 0.2) is 18.5 Å². The Morgan fingerprint density at radius 1 is 1.29 bits per heavy atom. The summed E-state index contributed by atoms with van der Waals surface area (Å²) in [5, 5.41) is 17.0. The first-order valence-corrected chi connectivity index (χ1v) is 3.98. The van der Waals surface area contributed by atoms with Gasteiger partial charge >= 0.3 is 11.9 Å². The third-order valence-electron chi connectivity index (χ3n) is 1.67. The first-order chi connectivity index (χ1) is 6.59. The standard InChI is InChI=1S/C9H9NO4/c11-8(12)2-1-6-3-7(9(13)14)5-10-4-6/h3-5H,1-2H2,(H,11,12)(H,13,14). The molecule has 0 spiro atoms.